The van der Waals surface area contributed by atoms with Crippen molar-refractivity contribution in [2.75, 3.05) is 13.7 Å². The molecule has 10 nitrogen and oxygen atoms in total. The molecule has 1 saturated carbocycles. The van der Waals surface area contributed by atoms with Gasteiger partial charge in [-0.3, -0.25) is 19.2 Å². The molecule has 1 aliphatic carbocycles. The Balaban J connectivity index is 1.69. The van der Waals surface area contributed by atoms with Gasteiger partial charge in [-0.1, -0.05) is 13.8 Å². The number of Topliss-reactive ketones (excluding diaryl/α,β-unsaturated/α-hetero) is 1. The lowest BCUT2D eigenvalue weighted by Gasteiger charge is -2.50. The molecular formula is C20H26N2O8S3. The van der Waals surface area contributed by atoms with E-state index in [-0.39, 0.29) is 18.6 Å². The van der Waals surface area contributed by atoms with E-state index in [1.54, 1.807) is 20.8 Å². The number of rotatable bonds is 2. The minimum atomic E-state index is -1.89. The summed E-state index contributed by atoms with van der Waals surface area (Å²) in [7, 11) is 4.90. The SMILES string of the molecule is CC(=O)O[C@H]1[C@]2(O)C[C@]34SSS[C@](CO)(C(=O)N3[C@@H]2C[C@@]12OC(C)C(C)(C)C2=O)N(C)C4=O. The van der Waals surface area contributed by atoms with Gasteiger partial charge in [0.1, 0.15) is 5.60 Å². The third kappa shape index (κ3) is 2.51. The zero-order valence-electron chi connectivity index (χ0n) is 18.8. The van der Waals surface area contributed by atoms with Crippen LogP contribution in [0.5, 0.6) is 0 Å². The topological polar surface area (TPSA) is 134 Å². The molecule has 0 aromatic carbocycles. The number of likely N-dealkylation sites (N-methyl/N-ethyl adjacent to an activating group) is 1. The smallest absolute Gasteiger partial charge is 0.303 e. The Morgan fingerprint density at radius 2 is 1.91 bits per heavy atom. The minimum absolute atomic E-state index is 0.115. The molecule has 6 aliphatic rings. The van der Waals surface area contributed by atoms with E-state index in [9.17, 15) is 29.4 Å². The Morgan fingerprint density at radius 3 is 2.45 bits per heavy atom. The van der Waals surface area contributed by atoms with Crippen LogP contribution in [0.3, 0.4) is 0 Å². The Labute approximate surface area is 202 Å². The third-order valence-electron chi connectivity index (χ3n) is 8.12. The molecule has 182 valence electrons. The third-order valence-corrected chi connectivity index (χ3v) is 13.2. The predicted molar refractivity (Wildman–Crippen MR) is 121 cm³/mol. The van der Waals surface area contributed by atoms with Gasteiger partial charge >= 0.3 is 5.97 Å². The molecule has 1 unspecified atom stereocenters. The van der Waals surface area contributed by atoms with Gasteiger partial charge in [-0.05, 0) is 38.3 Å². The van der Waals surface area contributed by atoms with Crippen LogP contribution in [-0.2, 0) is 28.7 Å². The van der Waals surface area contributed by atoms with E-state index < -0.39 is 69.0 Å². The summed E-state index contributed by atoms with van der Waals surface area (Å²) in [5, 5.41) is 22.3. The maximum atomic E-state index is 13.9. The summed E-state index contributed by atoms with van der Waals surface area (Å²) < 4.78 is 11.8. The number of hydrogen-bond donors (Lipinski definition) is 2. The fourth-order valence-electron chi connectivity index (χ4n) is 6.10. The lowest BCUT2D eigenvalue weighted by atomic mass is 9.76. The second-order valence-electron chi connectivity index (χ2n) is 10.1. The Bertz CT molecular complexity index is 994. The molecule has 2 bridgehead atoms. The van der Waals surface area contributed by atoms with Gasteiger partial charge in [0, 0.05) is 26.8 Å². The summed E-state index contributed by atoms with van der Waals surface area (Å²) in [5.74, 6) is -1.96. The molecule has 0 aromatic rings. The number of nitrogens with zero attached hydrogens (tertiary/aromatic N) is 2. The second-order valence-corrected chi connectivity index (χ2v) is 14.5. The van der Waals surface area contributed by atoms with Gasteiger partial charge in [0.15, 0.2) is 22.4 Å². The quantitative estimate of drug-likeness (QED) is 0.386. The highest BCUT2D eigenvalue weighted by atomic mass is 33.5. The van der Waals surface area contributed by atoms with E-state index in [4.69, 9.17) is 9.47 Å². The largest absolute Gasteiger partial charge is 0.456 e. The van der Waals surface area contributed by atoms with Crippen LogP contribution in [0.25, 0.3) is 0 Å². The summed E-state index contributed by atoms with van der Waals surface area (Å²) in [6.45, 7) is 5.80. The number of ketones is 1. The van der Waals surface area contributed by atoms with E-state index in [0.717, 1.165) is 21.6 Å². The molecule has 0 radical (unpaired) electrons. The van der Waals surface area contributed by atoms with Crippen molar-refractivity contribution >= 4 is 55.0 Å². The van der Waals surface area contributed by atoms with Crippen LogP contribution in [0, 0.1) is 5.41 Å². The molecule has 6 fully saturated rings. The zero-order valence-corrected chi connectivity index (χ0v) is 21.3. The molecule has 2 spiro atoms. The highest BCUT2D eigenvalue weighted by Crippen LogP contribution is 2.69. The summed E-state index contributed by atoms with van der Waals surface area (Å²) in [6, 6.07) is -1.02. The first-order chi connectivity index (χ1) is 15.2. The van der Waals surface area contributed by atoms with Crippen LogP contribution in [0.1, 0.15) is 40.5 Å². The lowest BCUT2D eigenvalue weighted by molar-refractivity contribution is -0.189. The molecule has 7 atom stereocenters. The fourth-order valence-corrected chi connectivity index (χ4v) is 12.0. The van der Waals surface area contributed by atoms with Crippen molar-refractivity contribution in [3.05, 3.63) is 0 Å². The Hall–Kier alpha value is -0.990. The van der Waals surface area contributed by atoms with E-state index in [2.05, 4.69) is 0 Å². The molecule has 0 aromatic heterocycles. The number of piperazine rings is 1. The van der Waals surface area contributed by atoms with Crippen LogP contribution >= 0.6 is 31.4 Å². The predicted octanol–water partition coefficient (Wildman–Crippen LogP) is 0.307. The van der Waals surface area contributed by atoms with E-state index >= 15 is 0 Å². The molecule has 6 rings (SSSR count). The van der Waals surface area contributed by atoms with Crippen molar-refractivity contribution in [1.29, 1.82) is 0 Å². The molecule has 2 N–H and O–H groups in total. The number of esters is 1. The van der Waals surface area contributed by atoms with Crippen molar-refractivity contribution in [3.63, 3.8) is 0 Å². The van der Waals surface area contributed by atoms with Gasteiger partial charge in [-0.15, -0.1) is 0 Å². The van der Waals surface area contributed by atoms with Gasteiger partial charge in [-0.2, -0.15) is 0 Å². The van der Waals surface area contributed by atoms with Crippen LogP contribution in [0.15, 0.2) is 0 Å². The number of fused-ring (bicyclic) bond motifs is 4. The molecular weight excluding hydrogens is 492 g/mol. The molecule has 13 heteroatoms. The standard InChI is InChI=1S/C20H26N2O8S3/c1-9-16(3,4)12(25)18(30-9)6-11-17(28,13(18)29-10(2)24)7-19-14(26)21(5)20(8-23,32-33-31-19)15(27)22(11)19/h9,11,13,23,28H,6-8H2,1-5H3/t9?,11-,13+,17+,18+,19-,20-/m1/s1. The first kappa shape index (κ1) is 23.7. The van der Waals surface area contributed by atoms with E-state index in [1.807, 2.05) is 0 Å². The second kappa shape index (κ2) is 6.82. The van der Waals surface area contributed by atoms with Gasteiger partial charge in [0.05, 0.1) is 24.2 Å². The first-order valence-electron chi connectivity index (χ1n) is 10.6. The number of carbonyl (C=O) groups excluding carboxylic acids is 4. The van der Waals surface area contributed by atoms with Crippen LogP contribution in [0.4, 0.5) is 0 Å². The lowest BCUT2D eigenvalue weighted by Crippen LogP contribution is -2.73. The summed E-state index contributed by atoms with van der Waals surface area (Å²) in [4.78, 5) is 52.8. The van der Waals surface area contributed by atoms with Gasteiger partial charge in [0.25, 0.3) is 11.8 Å². The summed E-state index contributed by atoms with van der Waals surface area (Å²) >= 11 is 0. The van der Waals surface area contributed by atoms with Gasteiger partial charge in [-0.25, -0.2) is 0 Å². The normalized spacial score (nSPS) is 47.8. The zero-order chi connectivity index (χ0) is 24.4. The number of ether oxygens (including phenoxy) is 2. The number of aliphatic hydroxyl groups excluding tert-OH is 1. The minimum Gasteiger partial charge on any atom is -0.456 e. The average Bonchev–Trinajstić information content (AvgIpc) is 3.10. The maximum Gasteiger partial charge on any atom is 0.303 e. The Morgan fingerprint density at radius 1 is 1.24 bits per heavy atom. The molecule has 5 heterocycles. The summed E-state index contributed by atoms with van der Waals surface area (Å²) in [6.07, 6.45) is -2.26. The van der Waals surface area contributed by atoms with Crippen molar-refractivity contribution in [2.45, 2.75) is 79.7 Å². The van der Waals surface area contributed by atoms with E-state index in [1.165, 1.54) is 33.6 Å². The fraction of sp³-hybridized carbons (Fsp3) is 0.800. The highest BCUT2D eigenvalue weighted by molar-refractivity contribution is 9.10. The summed E-state index contributed by atoms with van der Waals surface area (Å²) in [5.41, 5.74) is -4.45. The van der Waals surface area contributed by atoms with E-state index in [0.29, 0.717) is 0 Å². The molecule has 33 heavy (non-hydrogen) atoms. The molecule has 5 aliphatic heterocycles. The maximum absolute atomic E-state index is 13.9. The number of amides is 2. The average molecular weight is 519 g/mol. The van der Waals surface area contributed by atoms with Crippen molar-refractivity contribution < 1.29 is 38.9 Å². The van der Waals surface area contributed by atoms with Crippen LogP contribution in [0.2, 0.25) is 0 Å². The van der Waals surface area contributed by atoms with Gasteiger partial charge < -0.3 is 29.5 Å². The Kier molecular flexibility index (Phi) is 4.90. The van der Waals surface area contributed by atoms with Crippen molar-refractivity contribution in [3.8, 4) is 0 Å². The monoisotopic (exact) mass is 518 g/mol. The van der Waals surface area contributed by atoms with Crippen molar-refractivity contribution in [2.24, 2.45) is 5.41 Å². The number of carbonyl (C=O) groups is 4. The number of aliphatic hydroxyl groups is 2. The number of hydrogen-bond acceptors (Lipinski definition) is 11. The molecule has 5 saturated heterocycles. The highest BCUT2D eigenvalue weighted by Gasteiger charge is 2.83. The van der Waals surface area contributed by atoms with Crippen LogP contribution in [-0.4, -0.2) is 96.4 Å². The molecule has 2 amide bonds. The van der Waals surface area contributed by atoms with Gasteiger partial charge in [0.2, 0.25) is 4.87 Å². The van der Waals surface area contributed by atoms with Crippen molar-refractivity contribution in [1.82, 2.24) is 9.80 Å². The van der Waals surface area contributed by atoms with Crippen LogP contribution < -0.4 is 0 Å². The first-order valence-corrected chi connectivity index (χ1v) is 14.1.